The highest BCUT2D eigenvalue weighted by atomic mass is 16.5. The number of methoxy groups -OCH3 is 1. The average Bonchev–Trinajstić information content (AvgIpc) is 3.60. The van der Waals surface area contributed by atoms with Crippen LogP contribution in [0, 0.1) is 5.92 Å². The zero-order valence-electron chi connectivity index (χ0n) is 19.9. The molecule has 0 spiro atoms. The van der Waals surface area contributed by atoms with Gasteiger partial charge in [0, 0.05) is 31.4 Å². The first-order valence-electron chi connectivity index (χ1n) is 11.2. The molecule has 1 saturated carbocycles. The van der Waals surface area contributed by atoms with E-state index in [1.54, 1.807) is 18.3 Å². The molecule has 12 nitrogen and oxygen atoms in total. The van der Waals surface area contributed by atoms with E-state index in [1.807, 2.05) is 13.8 Å². The number of nitrogens with one attached hydrogen (secondary N) is 3. The number of amides is 2. The molecule has 0 unspecified atom stereocenters. The molecule has 3 N–H and O–H groups in total. The summed E-state index contributed by atoms with van der Waals surface area (Å²) in [4.78, 5) is 37.6. The summed E-state index contributed by atoms with van der Waals surface area (Å²) in [7, 11) is 3.01. The molecule has 1 aliphatic carbocycles. The largest absolute Gasteiger partial charge is 0.492 e. The topological polar surface area (TPSA) is 153 Å². The number of carbonyl (C=O) groups excluding carboxylic acids is 2. The van der Waals surface area contributed by atoms with Gasteiger partial charge >= 0.3 is 0 Å². The average molecular weight is 482 g/mol. The summed E-state index contributed by atoms with van der Waals surface area (Å²) in [6.07, 6.45) is 4.69. The van der Waals surface area contributed by atoms with Crippen LogP contribution in [0.5, 0.6) is 5.75 Å². The Bertz CT molecular complexity index is 1220. The third kappa shape index (κ3) is 5.72. The van der Waals surface area contributed by atoms with Crippen LogP contribution in [0.3, 0.4) is 0 Å². The molecule has 0 saturated heterocycles. The first-order valence-corrected chi connectivity index (χ1v) is 11.2. The van der Waals surface area contributed by atoms with E-state index in [2.05, 4.69) is 36.1 Å². The van der Waals surface area contributed by atoms with Crippen molar-refractivity contribution in [1.82, 2.24) is 25.4 Å². The first kappa shape index (κ1) is 24.1. The van der Waals surface area contributed by atoms with Crippen LogP contribution in [0.4, 0.5) is 17.3 Å². The number of aromatic nitrogens is 4. The minimum Gasteiger partial charge on any atom is -0.492 e. The second-order valence-electron chi connectivity index (χ2n) is 8.19. The zero-order valence-corrected chi connectivity index (χ0v) is 19.9. The van der Waals surface area contributed by atoms with Gasteiger partial charge < -0.3 is 29.9 Å². The Morgan fingerprint density at radius 2 is 2.06 bits per heavy atom. The van der Waals surface area contributed by atoms with Crippen molar-refractivity contribution in [2.24, 2.45) is 5.92 Å². The van der Waals surface area contributed by atoms with E-state index < -0.39 is 0 Å². The van der Waals surface area contributed by atoms with Crippen LogP contribution in [0.15, 0.2) is 29.0 Å². The number of pyridine rings is 2. The van der Waals surface area contributed by atoms with Gasteiger partial charge in [0.25, 0.3) is 11.8 Å². The number of rotatable bonds is 10. The van der Waals surface area contributed by atoms with Gasteiger partial charge in [-0.25, -0.2) is 9.97 Å². The molecular weight excluding hydrogens is 454 g/mol. The molecule has 184 valence electrons. The molecule has 0 atom stereocenters. The molecule has 1 aliphatic rings. The van der Waals surface area contributed by atoms with E-state index in [4.69, 9.17) is 14.0 Å². The molecule has 3 aromatic heterocycles. The summed E-state index contributed by atoms with van der Waals surface area (Å²) in [5.74, 6) is 1.16. The molecule has 4 rings (SSSR count). The minimum atomic E-state index is -0.358. The smallest absolute Gasteiger partial charge is 0.254 e. The Balaban J connectivity index is 1.65. The maximum Gasteiger partial charge on any atom is 0.254 e. The highest BCUT2D eigenvalue weighted by molar-refractivity contribution is 6.01. The van der Waals surface area contributed by atoms with Gasteiger partial charge in [-0.3, -0.25) is 9.59 Å². The summed E-state index contributed by atoms with van der Waals surface area (Å²) >= 11 is 0. The predicted octanol–water partition coefficient (Wildman–Crippen LogP) is 2.91. The third-order valence-electron chi connectivity index (χ3n) is 5.19. The van der Waals surface area contributed by atoms with Crippen LogP contribution in [0.1, 0.15) is 42.9 Å². The molecule has 12 heteroatoms. The van der Waals surface area contributed by atoms with Gasteiger partial charge in [-0.2, -0.15) is 4.98 Å². The lowest BCUT2D eigenvalue weighted by Crippen LogP contribution is -2.20. The molecule has 0 aromatic carbocycles. The van der Waals surface area contributed by atoms with Gasteiger partial charge in [-0.05, 0) is 32.8 Å². The van der Waals surface area contributed by atoms with Crippen LogP contribution in [0.2, 0.25) is 0 Å². The normalized spacial score (nSPS) is 12.9. The van der Waals surface area contributed by atoms with Crippen molar-refractivity contribution >= 4 is 29.1 Å². The number of carbonyl (C=O) groups is 2. The standard InChI is InChI=1S/C23H27N7O5/c1-12(2)34-11-18-29-20(30-35-18)14-7-8-25-21(19(14)33-4)27-16-9-17(28-22(31)13-5-6-13)26-10-15(16)23(32)24-3/h7-10,12-13H,5-6,11H2,1-4H3,(H,24,32)(H2,25,26,27,28,31). The van der Waals surface area contributed by atoms with Crippen molar-refractivity contribution < 1.29 is 23.6 Å². The monoisotopic (exact) mass is 481 g/mol. The van der Waals surface area contributed by atoms with Crippen LogP contribution < -0.4 is 20.7 Å². The van der Waals surface area contributed by atoms with Gasteiger partial charge in [-0.1, -0.05) is 5.16 Å². The van der Waals surface area contributed by atoms with E-state index in [0.717, 1.165) is 12.8 Å². The molecule has 2 amide bonds. The lowest BCUT2D eigenvalue weighted by Gasteiger charge is -2.15. The fourth-order valence-electron chi connectivity index (χ4n) is 3.22. The summed E-state index contributed by atoms with van der Waals surface area (Å²) in [6.45, 7) is 4.01. The van der Waals surface area contributed by atoms with Gasteiger partial charge in [0.1, 0.15) is 12.4 Å². The third-order valence-corrected chi connectivity index (χ3v) is 5.19. The Kier molecular flexibility index (Phi) is 7.20. The summed E-state index contributed by atoms with van der Waals surface area (Å²) in [5.41, 5.74) is 1.17. The Labute approximate surface area is 201 Å². The van der Waals surface area contributed by atoms with Crippen LogP contribution in [0.25, 0.3) is 11.4 Å². The quantitative estimate of drug-likeness (QED) is 0.394. The summed E-state index contributed by atoms with van der Waals surface area (Å²) < 4.78 is 16.4. The SMILES string of the molecule is CNC(=O)c1cnc(NC(=O)C2CC2)cc1Nc1nccc(-c2noc(COC(C)C)n2)c1OC. The van der Waals surface area contributed by atoms with E-state index >= 15 is 0 Å². The molecule has 0 aliphatic heterocycles. The van der Waals surface area contributed by atoms with Crippen molar-refractivity contribution in [3.05, 3.63) is 36.0 Å². The maximum atomic E-state index is 12.5. The van der Waals surface area contributed by atoms with Crippen molar-refractivity contribution in [3.63, 3.8) is 0 Å². The minimum absolute atomic E-state index is 0.0102. The highest BCUT2D eigenvalue weighted by Gasteiger charge is 2.30. The van der Waals surface area contributed by atoms with Crippen LogP contribution in [-0.2, 0) is 16.1 Å². The predicted molar refractivity (Wildman–Crippen MR) is 126 cm³/mol. The van der Waals surface area contributed by atoms with Gasteiger partial charge in [0.15, 0.2) is 11.6 Å². The molecule has 35 heavy (non-hydrogen) atoms. The molecule has 3 heterocycles. The fraction of sp³-hybridized carbons (Fsp3) is 0.391. The summed E-state index contributed by atoms with van der Waals surface area (Å²) in [5, 5.41) is 12.5. The highest BCUT2D eigenvalue weighted by Crippen LogP contribution is 2.36. The Hall–Kier alpha value is -4.06. The van der Waals surface area contributed by atoms with Gasteiger partial charge in [-0.15, -0.1) is 0 Å². The van der Waals surface area contributed by atoms with Crippen molar-refractivity contribution in [2.75, 3.05) is 24.8 Å². The molecule has 0 radical (unpaired) electrons. The van der Waals surface area contributed by atoms with Gasteiger partial charge in [0.2, 0.25) is 11.7 Å². The van der Waals surface area contributed by atoms with E-state index in [-0.39, 0.29) is 36.0 Å². The second kappa shape index (κ2) is 10.5. The van der Waals surface area contributed by atoms with Crippen molar-refractivity contribution in [3.8, 4) is 17.1 Å². The molecule has 0 bridgehead atoms. The van der Waals surface area contributed by atoms with Gasteiger partial charge in [0.05, 0.1) is 30.0 Å². The molecule has 1 fully saturated rings. The maximum absolute atomic E-state index is 12.5. The van der Waals surface area contributed by atoms with Crippen molar-refractivity contribution in [2.45, 2.75) is 39.4 Å². The number of hydrogen-bond donors (Lipinski definition) is 3. The van der Waals surface area contributed by atoms with E-state index in [1.165, 1.54) is 20.4 Å². The lowest BCUT2D eigenvalue weighted by molar-refractivity contribution is -0.117. The lowest BCUT2D eigenvalue weighted by atomic mass is 10.2. The van der Waals surface area contributed by atoms with Crippen LogP contribution >= 0.6 is 0 Å². The molecular formula is C23H27N7O5. The number of ether oxygens (including phenoxy) is 2. The zero-order chi connectivity index (χ0) is 24.9. The van der Waals surface area contributed by atoms with E-state index in [9.17, 15) is 9.59 Å². The molecule has 3 aromatic rings. The summed E-state index contributed by atoms with van der Waals surface area (Å²) in [6, 6.07) is 3.27. The Morgan fingerprint density at radius 3 is 2.74 bits per heavy atom. The second-order valence-corrected chi connectivity index (χ2v) is 8.19. The van der Waals surface area contributed by atoms with E-state index in [0.29, 0.717) is 40.4 Å². The fourth-order valence-corrected chi connectivity index (χ4v) is 3.22. The van der Waals surface area contributed by atoms with Crippen LogP contribution in [-0.4, -0.2) is 52.2 Å². The Morgan fingerprint density at radius 1 is 1.26 bits per heavy atom. The number of nitrogens with zero attached hydrogens (tertiary/aromatic N) is 4. The number of anilines is 3. The van der Waals surface area contributed by atoms with Crippen molar-refractivity contribution in [1.29, 1.82) is 0 Å². The first-order chi connectivity index (χ1) is 16.9. The number of hydrogen-bond acceptors (Lipinski definition) is 10.